The summed E-state index contributed by atoms with van der Waals surface area (Å²) in [6.45, 7) is 1.42. The number of nitrogens with zero attached hydrogens (tertiary/aromatic N) is 1. The maximum atomic E-state index is 13.2. The molecule has 0 aliphatic carbocycles. The second-order valence-corrected chi connectivity index (χ2v) is 8.99. The minimum atomic E-state index is -4.81. The van der Waals surface area contributed by atoms with Gasteiger partial charge in [-0.2, -0.15) is 17.5 Å². The summed E-state index contributed by atoms with van der Waals surface area (Å²) < 4.78 is 76.1. The van der Waals surface area contributed by atoms with E-state index in [9.17, 15) is 31.2 Å². The van der Waals surface area contributed by atoms with E-state index in [1.54, 1.807) is 6.92 Å². The van der Waals surface area contributed by atoms with Gasteiger partial charge in [-0.15, -0.1) is 0 Å². The van der Waals surface area contributed by atoms with Crippen LogP contribution in [0.1, 0.15) is 31.7 Å². The molecule has 0 aromatic heterocycles. The van der Waals surface area contributed by atoms with Crippen molar-refractivity contribution in [1.29, 1.82) is 0 Å². The number of alkyl halides is 3. The highest BCUT2D eigenvalue weighted by atomic mass is 32.2. The lowest BCUT2D eigenvalue weighted by atomic mass is 9.98. The largest absolute Gasteiger partial charge is 0.460 e. The predicted octanol–water partition coefficient (Wildman–Crippen LogP) is 2.35. The third kappa shape index (κ3) is 4.55. The van der Waals surface area contributed by atoms with Crippen LogP contribution in [0.2, 0.25) is 0 Å². The lowest BCUT2D eigenvalue weighted by Crippen LogP contribution is -2.41. The number of halogens is 3. The van der Waals surface area contributed by atoms with Crippen LogP contribution in [0.25, 0.3) is 0 Å². The SMILES string of the molecule is C[C@H]1C[C@@H](OC(=O)C2CCN(S(=O)(=O)c3ccccc3C(F)(F)F)CC2)C(=O)O1. The van der Waals surface area contributed by atoms with Crippen molar-refractivity contribution < 1.29 is 40.7 Å². The Bertz CT molecular complexity index is 893. The lowest BCUT2D eigenvalue weighted by molar-refractivity contribution is -0.164. The molecule has 7 nitrogen and oxygen atoms in total. The molecule has 2 heterocycles. The zero-order chi connectivity index (χ0) is 21.4. The van der Waals surface area contributed by atoms with E-state index in [2.05, 4.69) is 0 Å². The molecule has 1 aromatic rings. The number of esters is 2. The first-order chi connectivity index (χ1) is 13.5. The third-order valence-electron chi connectivity index (χ3n) is 4.98. The molecule has 1 aromatic carbocycles. The topological polar surface area (TPSA) is 90.0 Å². The van der Waals surface area contributed by atoms with Gasteiger partial charge in [-0.25, -0.2) is 13.2 Å². The van der Waals surface area contributed by atoms with Crippen molar-refractivity contribution >= 4 is 22.0 Å². The zero-order valence-corrected chi connectivity index (χ0v) is 16.3. The fourth-order valence-corrected chi connectivity index (χ4v) is 5.13. The second-order valence-electron chi connectivity index (χ2n) is 7.08. The number of hydrogen-bond acceptors (Lipinski definition) is 6. The summed E-state index contributed by atoms with van der Waals surface area (Å²) in [6.07, 6.45) is -5.70. The van der Waals surface area contributed by atoms with Gasteiger partial charge < -0.3 is 9.47 Å². The first-order valence-corrected chi connectivity index (χ1v) is 10.5. The summed E-state index contributed by atoms with van der Waals surface area (Å²) >= 11 is 0. The number of ether oxygens (including phenoxy) is 2. The number of carbonyl (C=O) groups excluding carboxylic acids is 2. The van der Waals surface area contributed by atoms with Crippen LogP contribution < -0.4 is 0 Å². The minimum absolute atomic E-state index is 0.0869. The Kier molecular flexibility index (Phi) is 5.91. The molecule has 3 rings (SSSR count). The molecule has 0 amide bonds. The lowest BCUT2D eigenvalue weighted by Gasteiger charge is -2.31. The van der Waals surface area contributed by atoms with E-state index in [4.69, 9.17) is 9.47 Å². The quantitative estimate of drug-likeness (QED) is 0.675. The molecule has 29 heavy (non-hydrogen) atoms. The van der Waals surface area contributed by atoms with Crippen molar-refractivity contribution in [3.05, 3.63) is 29.8 Å². The van der Waals surface area contributed by atoms with E-state index in [-0.39, 0.29) is 38.5 Å². The Morgan fingerprint density at radius 1 is 1.21 bits per heavy atom. The maximum absolute atomic E-state index is 13.2. The average Bonchev–Trinajstić information content (AvgIpc) is 2.98. The number of cyclic esters (lactones) is 1. The number of rotatable bonds is 4. The highest BCUT2D eigenvalue weighted by molar-refractivity contribution is 7.89. The number of carbonyl (C=O) groups is 2. The third-order valence-corrected chi connectivity index (χ3v) is 6.94. The van der Waals surface area contributed by atoms with Crippen LogP contribution in [0.4, 0.5) is 13.2 Å². The van der Waals surface area contributed by atoms with Crippen molar-refractivity contribution in [1.82, 2.24) is 4.31 Å². The molecule has 0 radical (unpaired) electrons. The molecule has 0 saturated carbocycles. The Labute approximate surface area is 165 Å². The molecule has 0 bridgehead atoms. The first kappa shape index (κ1) is 21.6. The van der Waals surface area contributed by atoms with Crippen LogP contribution in [-0.4, -0.2) is 50.0 Å². The van der Waals surface area contributed by atoms with Gasteiger partial charge in [0.2, 0.25) is 16.1 Å². The molecule has 11 heteroatoms. The normalized spacial score (nSPS) is 24.3. The number of sulfonamides is 1. The molecule has 2 aliphatic rings. The van der Waals surface area contributed by atoms with Gasteiger partial charge in [0.1, 0.15) is 6.10 Å². The van der Waals surface area contributed by atoms with E-state index >= 15 is 0 Å². The van der Waals surface area contributed by atoms with E-state index < -0.39 is 50.6 Å². The summed E-state index contributed by atoms with van der Waals surface area (Å²) in [7, 11) is -4.38. The highest BCUT2D eigenvalue weighted by Crippen LogP contribution is 2.36. The summed E-state index contributed by atoms with van der Waals surface area (Å²) in [6, 6.07) is 4.00. The monoisotopic (exact) mass is 435 g/mol. The molecule has 2 aliphatic heterocycles. The van der Waals surface area contributed by atoms with Gasteiger partial charge in [0, 0.05) is 19.5 Å². The van der Waals surface area contributed by atoms with Crippen molar-refractivity contribution in [3.8, 4) is 0 Å². The van der Waals surface area contributed by atoms with Crippen molar-refractivity contribution in [2.24, 2.45) is 5.92 Å². The van der Waals surface area contributed by atoms with E-state index in [0.717, 1.165) is 22.5 Å². The number of piperidine rings is 1. The summed E-state index contributed by atoms with van der Waals surface area (Å²) in [5, 5.41) is 0. The van der Waals surface area contributed by atoms with Crippen molar-refractivity contribution in [3.63, 3.8) is 0 Å². The molecule has 2 atom stereocenters. The van der Waals surface area contributed by atoms with Crippen LogP contribution >= 0.6 is 0 Å². The standard InChI is InChI=1S/C18H20F3NO6S/c1-11-10-14(17(24)27-11)28-16(23)12-6-8-22(9-7-12)29(25,26)15-5-3-2-4-13(15)18(19,20)21/h2-5,11-12,14H,6-10H2,1H3/t11-,14+/m0/s1. The van der Waals surface area contributed by atoms with Crippen LogP contribution in [-0.2, 0) is 35.3 Å². The van der Waals surface area contributed by atoms with Gasteiger partial charge in [0.05, 0.1) is 16.4 Å². The van der Waals surface area contributed by atoms with E-state index in [0.29, 0.717) is 0 Å². The summed E-state index contributed by atoms with van der Waals surface area (Å²) in [4.78, 5) is 23.0. The van der Waals surface area contributed by atoms with Crippen LogP contribution in [0.3, 0.4) is 0 Å². The molecule has 160 valence electrons. The second kappa shape index (κ2) is 7.94. The first-order valence-electron chi connectivity index (χ1n) is 9.07. The Morgan fingerprint density at radius 3 is 2.38 bits per heavy atom. The number of hydrogen-bond donors (Lipinski definition) is 0. The summed E-state index contributed by atoms with van der Waals surface area (Å²) in [5.74, 6) is -1.88. The van der Waals surface area contributed by atoms with Gasteiger partial charge in [-0.05, 0) is 31.9 Å². The number of benzene rings is 1. The molecule has 0 N–H and O–H groups in total. The molecular weight excluding hydrogens is 415 g/mol. The van der Waals surface area contributed by atoms with E-state index in [1.165, 1.54) is 6.07 Å². The van der Waals surface area contributed by atoms with Gasteiger partial charge >= 0.3 is 18.1 Å². The molecule has 0 unspecified atom stereocenters. The van der Waals surface area contributed by atoms with Crippen LogP contribution in [0.15, 0.2) is 29.2 Å². The molecule has 0 spiro atoms. The molecule has 2 fully saturated rings. The van der Waals surface area contributed by atoms with Crippen LogP contribution in [0.5, 0.6) is 0 Å². The maximum Gasteiger partial charge on any atom is 0.417 e. The fraction of sp³-hybridized carbons (Fsp3) is 0.556. The summed E-state index contributed by atoms with van der Waals surface area (Å²) in [5.41, 5.74) is -1.23. The van der Waals surface area contributed by atoms with Gasteiger partial charge in [0.25, 0.3) is 0 Å². The Morgan fingerprint density at radius 2 is 1.83 bits per heavy atom. The van der Waals surface area contributed by atoms with Crippen molar-refractivity contribution in [2.45, 2.75) is 49.5 Å². The van der Waals surface area contributed by atoms with E-state index in [1.807, 2.05) is 0 Å². The predicted molar refractivity (Wildman–Crippen MR) is 93.0 cm³/mol. The molecular formula is C18H20F3NO6S. The van der Waals surface area contributed by atoms with Crippen molar-refractivity contribution in [2.75, 3.05) is 13.1 Å². The smallest absolute Gasteiger partial charge is 0.417 e. The average molecular weight is 435 g/mol. The fourth-order valence-electron chi connectivity index (χ4n) is 3.45. The molecule has 2 saturated heterocycles. The minimum Gasteiger partial charge on any atom is -0.460 e. The van der Waals surface area contributed by atoms with Crippen LogP contribution in [0, 0.1) is 5.92 Å². The Balaban J connectivity index is 1.66. The Hall–Kier alpha value is -2.14. The highest BCUT2D eigenvalue weighted by Gasteiger charge is 2.41. The van der Waals surface area contributed by atoms with Gasteiger partial charge in [-0.1, -0.05) is 12.1 Å². The van der Waals surface area contributed by atoms with Gasteiger partial charge in [-0.3, -0.25) is 4.79 Å². The zero-order valence-electron chi connectivity index (χ0n) is 15.5. The van der Waals surface area contributed by atoms with Gasteiger partial charge in [0.15, 0.2) is 0 Å².